The third-order valence-corrected chi connectivity index (χ3v) is 3.79. The highest BCUT2D eigenvalue weighted by molar-refractivity contribution is 5.79. The first-order valence-electron chi connectivity index (χ1n) is 7.23. The summed E-state index contributed by atoms with van der Waals surface area (Å²) in [5.41, 5.74) is 0. The Balaban J connectivity index is 2.29. The van der Waals surface area contributed by atoms with Gasteiger partial charge in [-0.25, -0.2) is 0 Å². The summed E-state index contributed by atoms with van der Waals surface area (Å²) in [5.74, 6) is 1.01. The molecule has 0 radical (unpaired) electrons. The van der Waals surface area contributed by atoms with Crippen molar-refractivity contribution in [3.63, 3.8) is 0 Å². The lowest BCUT2D eigenvalue weighted by molar-refractivity contribution is 0.246. The summed E-state index contributed by atoms with van der Waals surface area (Å²) in [6, 6.07) is 1.38. The molecule has 1 aliphatic rings. The van der Waals surface area contributed by atoms with Crippen molar-refractivity contribution in [3.05, 3.63) is 0 Å². The van der Waals surface area contributed by atoms with Gasteiger partial charge in [-0.3, -0.25) is 9.89 Å². The molecule has 0 saturated heterocycles. The third-order valence-electron chi connectivity index (χ3n) is 3.79. The van der Waals surface area contributed by atoms with Crippen LogP contribution in [0.15, 0.2) is 4.99 Å². The molecule has 0 bridgehead atoms. The minimum Gasteiger partial charge on any atom is -0.355 e. The predicted molar refractivity (Wildman–Crippen MR) is 79.1 cm³/mol. The van der Waals surface area contributed by atoms with Crippen LogP contribution in [0.2, 0.25) is 0 Å². The summed E-state index contributed by atoms with van der Waals surface area (Å²) in [7, 11) is 6.20. The summed E-state index contributed by atoms with van der Waals surface area (Å²) < 4.78 is 0. The number of guanidine groups is 1. The van der Waals surface area contributed by atoms with E-state index in [0.29, 0.717) is 6.04 Å². The van der Waals surface area contributed by atoms with Crippen molar-refractivity contribution in [2.45, 2.75) is 51.6 Å². The Bertz CT molecular complexity index is 261. The molecule has 1 aliphatic carbocycles. The second-order valence-corrected chi connectivity index (χ2v) is 5.45. The summed E-state index contributed by atoms with van der Waals surface area (Å²) in [4.78, 5) is 9.04. The van der Waals surface area contributed by atoms with Gasteiger partial charge in [-0.2, -0.15) is 0 Å². The van der Waals surface area contributed by atoms with Crippen molar-refractivity contribution >= 4 is 5.96 Å². The molecule has 1 atom stereocenters. The summed E-state index contributed by atoms with van der Waals surface area (Å²) in [6.07, 6.45) is 5.18. The Hall–Kier alpha value is -0.770. The van der Waals surface area contributed by atoms with E-state index < -0.39 is 0 Å². The Morgan fingerprint density at radius 1 is 1.39 bits per heavy atom. The average molecular weight is 254 g/mol. The van der Waals surface area contributed by atoms with Crippen molar-refractivity contribution in [3.8, 4) is 0 Å². The van der Waals surface area contributed by atoms with Crippen LogP contribution < -0.4 is 5.32 Å². The Morgan fingerprint density at radius 3 is 2.56 bits per heavy atom. The van der Waals surface area contributed by atoms with E-state index in [4.69, 9.17) is 0 Å². The summed E-state index contributed by atoms with van der Waals surface area (Å²) >= 11 is 0. The van der Waals surface area contributed by atoms with E-state index in [9.17, 15) is 0 Å². The van der Waals surface area contributed by atoms with Crippen LogP contribution in [0.4, 0.5) is 0 Å². The molecule has 0 aromatic rings. The van der Waals surface area contributed by atoms with Gasteiger partial charge in [-0.15, -0.1) is 0 Å². The number of rotatable bonds is 7. The van der Waals surface area contributed by atoms with Gasteiger partial charge in [0.2, 0.25) is 0 Å². The molecule has 0 aliphatic heterocycles. The van der Waals surface area contributed by atoms with Crippen LogP contribution in [0.1, 0.15) is 39.5 Å². The molecule has 18 heavy (non-hydrogen) atoms. The van der Waals surface area contributed by atoms with Crippen LogP contribution in [-0.4, -0.2) is 62.1 Å². The standard InChI is InChI=1S/C14H30N4/c1-6-7-10-17(4)14(15-3)16-11-12(2)18(5)13-8-9-13/h12-13H,6-11H2,1-5H3,(H,15,16). The first kappa shape index (κ1) is 15.3. The monoisotopic (exact) mass is 254 g/mol. The smallest absolute Gasteiger partial charge is 0.193 e. The lowest BCUT2D eigenvalue weighted by atomic mass is 10.3. The number of nitrogens with one attached hydrogen (secondary N) is 1. The van der Waals surface area contributed by atoms with Crippen LogP contribution in [0.5, 0.6) is 0 Å². The highest BCUT2D eigenvalue weighted by Crippen LogP contribution is 2.26. The fourth-order valence-corrected chi connectivity index (χ4v) is 2.11. The molecule has 4 nitrogen and oxygen atoms in total. The van der Waals surface area contributed by atoms with Crippen molar-refractivity contribution < 1.29 is 0 Å². The molecule has 0 aromatic carbocycles. The van der Waals surface area contributed by atoms with Crippen LogP contribution in [0.3, 0.4) is 0 Å². The molecule has 0 heterocycles. The maximum absolute atomic E-state index is 4.35. The van der Waals surface area contributed by atoms with Gasteiger partial charge in [-0.05, 0) is 33.2 Å². The second-order valence-electron chi connectivity index (χ2n) is 5.45. The highest BCUT2D eigenvalue weighted by atomic mass is 15.3. The summed E-state index contributed by atoms with van der Waals surface area (Å²) in [5, 5.41) is 3.48. The van der Waals surface area contributed by atoms with Gasteiger partial charge >= 0.3 is 0 Å². The number of nitrogens with zero attached hydrogens (tertiary/aromatic N) is 3. The van der Waals surface area contributed by atoms with Gasteiger partial charge in [0.15, 0.2) is 5.96 Å². The predicted octanol–water partition coefficient (Wildman–Crippen LogP) is 1.78. The molecule has 0 spiro atoms. The van der Waals surface area contributed by atoms with Crippen molar-refractivity contribution in [1.29, 1.82) is 0 Å². The van der Waals surface area contributed by atoms with E-state index in [-0.39, 0.29) is 0 Å². The van der Waals surface area contributed by atoms with E-state index >= 15 is 0 Å². The molecule has 1 fully saturated rings. The number of likely N-dealkylation sites (N-methyl/N-ethyl adjacent to an activating group) is 1. The molecular weight excluding hydrogens is 224 g/mol. The third kappa shape index (κ3) is 4.84. The molecular formula is C14H30N4. The van der Waals surface area contributed by atoms with Gasteiger partial charge < -0.3 is 10.2 Å². The molecule has 1 unspecified atom stereocenters. The Labute approximate surface area is 112 Å². The molecule has 106 valence electrons. The lowest BCUT2D eigenvalue weighted by Crippen LogP contribution is -2.46. The number of unbranched alkanes of at least 4 members (excludes halogenated alkanes) is 1. The zero-order valence-corrected chi connectivity index (χ0v) is 12.7. The van der Waals surface area contributed by atoms with Crippen LogP contribution in [0, 0.1) is 0 Å². The largest absolute Gasteiger partial charge is 0.355 e. The lowest BCUT2D eigenvalue weighted by Gasteiger charge is -2.28. The topological polar surface area (TPSA) is 30.9 Å². The quantitative estimate of drug-likeness (QED) is 0.555. The Kier molecular flexibility index (Phi) is 6.47. The van der Waals surface area contributed by atoms with Gasteiger partial charge in [-0.1, -0.05) is 13.3 Å². The molecule has 1 saturated carbocycles. The van der Waals surface area contributed by atoms with Crippen molar-refractivity contribution in [2.24, 2.45) is 4.99 Å². The minimum absolute atomic E-state index is 0.564. The maximum Gasteiger partial charge on any atom is 0.193 e. The SMILES string of the molecule is CCCCN(C)C(=NC)NCC(C)N(C)C1CC1. The fraction of sp³-hybridized carbons (Fsp3) is 0.929. The molecule has 4 heteroatoms. The van der Waals surface area contributed by atoms with Crippen LogP contribution >= 0.6 is 0 Å². The Morgan fingerprint density at radius 2 is 2.06 bits per heavy atom. The second kappa shape index (κ2) is 7.62. The first-order chi connectivity index (χ1) is 8.60. The van der Waals surface area contributed by atoms with Gasteiger partial charge in [0, 0.05) is 39.3 Å². The van der Waals surface area contributed by atoms with Crippen molar-refractivity contribution in [1.82, 2.24) is 15.1 Å². The first-order valence-corrected chi connectivity index (χ1v) is 7.23. The van der Waals surface area contributed by atoms with Gasteiger partial charge in [0.1, 0.15) is 0 Å². The van der Waals surface area contributed by atoms with E-state index in [1.165, 1.54) is 25.7 Å². The van der Waals surface area contributed by atoms with Crippen molar-refractivity contribution in [2.75, 3.05) is 34.2 Å². The van der Waals surface area contributed by atoms with E-state index in [0.717, 1.165) is 25.1 Å². The van der Waals surface area contributed by atoms with Gasteiger partial charge in [0.25, 0.3) is 0 Å². The molecule has 0 amide bonds. The van der Waals surface area contributed by atoms with E-state index in [2.05, 4.69) is 48.1 Å². The number of aliphatic imine (C=N–C) groups is 1. The van der Waals surface area contributed by atoms with Crippen LogP contribution in [-0.2, 0) is 0 Å². The fourth-order valence-electron chi connectivity index (χ4n) is 2.11. The zero-order valence-electron chi connectivity index (χ0n) is 12.7. The maximum atomic E-state index is 4.35. The number of hydrogen-bond acceptors (Lipinski definition) is 2. The normalized spacial score (nSPS) is 18.0. The molecule has 1 rings (SSSR count). The van der Waals surface area contributed by atoms with E-state index in [1.807, 2.05) is 7.05 Å². The summed E-state index contributed by atoms with van der Waals surface area (Å²) in [6.45, 7) is 6.54. The number of hydrogen-bond donors (Lipinski definition) is 1. The highest BCUT2D eigenvalue weighted by Gasteiger charge is 2.29. The molecule has 1 N–H and O–H groups in total. The zero-order chi connectivity index (χ0) is 13.5. The molecule has 0 aromatic heterocycles. The van der Waals surface area contributed by atoms with Crippen LogP contribution in [0.25, 0.3) is 0 Å². The minimum atomic E-state index is 0.564. The van der Waals surface area contributed by atoms with Gasteiger partial charge in [0.05, 0.1) is 0 Å². The average Bonchev–Trinajstić information content (AvgIpc) is 3.19. The van der Waals surface area contributed by atoms with E-state index in [1.54, 1.807) is 0 Å².